The first-order valence-corrected chi connectivity index (χ1v) is 8.61. The van der Waals surface area contributed by atoms with Crippen molar-refractivity contribution in [3.05, 3.63) is 33.8 Å². The number of rotatable bonds is 5. The summed E-state index contributed by atoms with van der Waals surface area (Å²) >= 11 is 12.2. The molecule has 2 saturated carbocycles. The van der Waals surface area contributed by atoms with Gasteiger partial charge in [0.15, 0.2) is 0 Å². The van der Waals surface area contributed by atoms with Gasteiger partial charge < -0.3 is 5.32 Å². The van der Waals surface area contributed by atoms with Crippen LogP contribution in [-0.4, -0.2) is 6.54 Å². The molecule has 110 valence electrons. The van der Waals surface area contributed by atoms with E-state index in [0.29, 0.717) is 16.1 Å². The molecule has 1 aromatic carbocycles. The fraction of sp³-hybridized carbons (Fsp3) is 0.647. The number of halogens is 2. The Labute approximate surface area is 132 Å². The average Bonchev–Trinajstić information content (AvgIpc) is 3.04. The third-order valence-electron chi connectivity index (χ3n) is 5.22. The lowest BCUT2D eigenvalue weighted by Crippen LogP contribution is -2.25. The smallest absolute Gasteiger partial charge is 0.0595 e. The highest BCUT2D eigenvalue weighted by Crippen LogP contribution is 2.51. The van der Waals surface area contributed by atoms with E-state index in [1.165, 1.54) is 37.7 Å². The third kappa shape index (κ3) is 3.00. The molecule has 0 saturated heterocycles. The maximum atomic E-state index is 6.18. The van der Waals surface area contributed by atoms with Gasteiger partial charge in [-0.25, -0.2) is 0 Å². The molecule has 4 atom stereocenters. The number of hydrogen-bond acceptors (Lipinski definition) is 1. The van der Waals surface area contributed by atoms with E-state index in [4.69, 9.17) is 23.2 Å². The van der Waals surface area contributed by atoms with Crippen LogP contribution in [0.1, 0.15) is 50.6 Å². The summed E-state index contributed by atoms with van der Waals surface area (Å²) in [7, 11) is 0. The van der Waals surface area contributed by atoms with Gasteiger partial charge in [0.25, 0.3) is 0 Å². The van der Waals surface area contributed by atoms with Crippen LogP contribution in [0.2, 0.25) is 10.0 Å². The molecule has 3 heteroatoms. The Kier molecular flexibility index (Phi) is 4.59. The summed E-state index contributed by atoms with van der Waals surface area (Å²) in [6, 6.07) is 6.49. The van der Waals surface area contributed by atoms with E-state index >= 15 is 0 Å². The highest BCUT2D eigenvalue weighted by molar-refractivity contribution is 6.42. The van der Waals surface area contributed by atoms with Crippen LogP contribution in [0.15, 0.2) is 18.2 Å². The Balaban J connectivity index is 1.73. The quantitative estimate of drug-likeness (QED) is 0.760. The predicted molar refractivity (Wildman–Crippen MR) is 86.4 cm³/mol. The van der Waals surface area contributed by atoms with Gasteiger partial charge in [0.2, 0.25) is 0 Å². The predicted octanol–water partition coefficient (Wildman–Crippen LogP) is 5.47. The minimum absolute atomic E-state index is 0.416. The van der Waals surface area contributed by atoms with E-state index in [1.807, 2.05) is 12.1 Å². The van der Waals surface area contributed by atoms with E-state index in [1.54, 1.807) is 0 Å². The van der Waals surface area contributed by atoms with Crippen LogP contribution < -0.4 is 5.32 Å². The molecule has 2 bridgehead atoms. The standard InChI is InChI=1S/C17H23Cl2N/c1-2-20-17(13-5-6-15(18)16(19)9-13)10-14-8-11-3-4-12(14)7-11/h5-6,9,11-12,14,17,20H,2-4,7-8,10H2,1H3. The minimum Gasteiger partial charge on any atom is -0.310 e. The summed E-state index contributed by atoms with van der Waals surface area (Å²) in [5.41, 5.74) is 1.28. The van der Waals surface area contributed by atoms with Crippen molar-refractivity contribution >= 4 is 23.2 Å². The van der Waals surface area contributed by atoms with Gasteiger partial charge in [0.1, 0.15) is 0 Å². The van der Waals surface area contributed by atoms with Crippen LogP contribution in [-0.2, 0) is 0 Å². The zero-order chi connectivity index (χ0) is 14.1. The summed E-state index contributed by atoms with van der Waals surface area (Å²) in [5.74, 6) is 2.89. The van der Waals surface area contributed by atoms with Gasteiger partial charge in [-0.3, -0.25) is 0 Å². The zero-order valence-electron chi connectivity index (χ0n) is 12.0. The first kappa shape index (κ1) is 14.7. The monoisotopic (exact) mass is 311 g/mol. The van der Waals surface area contributed by atoms with Crippen LogP contribution in [0.5, 0.6) is 0 Å². The van der Waals surface area contributed by atoms with Gasteiger partial charge in [-0.1, -0.05) is 42.6 Å². The summed E-state index contributed by atoms with van der Waals surface area (Å²) in [6.45, 7) is 3.16. The summed E-state index contributed by atoms with van der Waals surface area (Å²) in [4.78, 5) is 0. The van der Waals surface area contributed by atoms with Gasteiger partial charge in [-0.15, -0.1) is 0 Å². The fourth-order valence-electron chi connectivity index (χ4n) is 4.28. The number of benzene rings is 1. The normalized spacial score (nSPS) is 29.9. The van der Waals surface area contributed by atoms with Gasteiger partial charge >= 0.3 is 0 Å². The minimum atomic E-state index is 0.416. The molecule has 0 heterocycles. The molecule has 1 N–H and O–H groups in total. The molecular formula is C17H23Cl2N. The molecule has 3 rings (SSSR count). The van der Waals surface area contributed by atoms with Crippen LogP contribution in [0.3, 0.4) is 0 Å². The Morgan fingerprint density at radius 3 is 2.65 bits per heavy atom. The Morgan fingerprint density at radius 1 is 1.20 bits per heavy atom. The average molecular weight is 312 g/mol. The van der Waals surface area contributed by atoms with Crippen LogP contribution in [0.4, 0.5) is 0 Å². The van der Waals surface area contributed by atoms with Gasteiger partial charge in [-0.05, 0) is 67.7 Å². The lowest BCUT2D eigenvalue weighted by Gasteiger charge is -2.27. The fourth-order valence-corrected chi connectivity index (χ4v) is 4.59. The summed E-state index contributed by atoms with van der Waals surface area (Å²) in [6.07, 6.45) is 7.08. The maximum absolute atomic E-state index is 6.18. The summed E-state index contributed by atoms with van der Waals surface area (Å²) in [5, 5.41) is 4.94. The molecule has 0 spiro atoms. The maximum Gasteiger partial charge on any atom is 0.0595 e. The van der Waals surface area contributed by atoms with Crippen molar-refractivity contribution in [1.82, 2.24) is 5.32 Å². The zero-order valence-corrected chi connectivity index (χ0v) is 13.6. The van der Waals surface area contributed by atoms with Gasteiger partial charge in [0, 0.05) is 6.04 Å². The van der Waals surface area contributed by atoms with Crippen molar-refractivity contribution in [2.75, 3.05) is 6.54 Å². The third-order valence-corrected chi connectivity index (χ3v) is 5.96. The van der Waals surface area contributed by atoms with E-state index in [0.717, 1.165) is 24.3 Å². The lowest BCUT2D eigenvalue weighted by molar-refractivity contribution is 0.280. The molecule has 2 aliphatic rings. The highest BCUT2D eigenvalue weighted by Gasteiger charge is 2.40. The Hall–Kier alpha value is -0.240. The number of hydrogen-bond donors (Lipinski definition) is 1. The second-order valence-corrected chi connectivity index (χ2v) is 7.27. The number of nitrogens with one attached hydrogen (secondary N) is 1. The molecular weight excluding hydrogens is 289 g/mol. The van der Waals surface area contributed by atoms with Crippen molar-refractivity contribution in [2.45, 2.75) is 45.1 Å². The molecule has 0 amide bonds. The van der Waals surface area contributed by atoms with Crippen LogP contribution >= 0.6 is 23.2 Å². The number of fused-ring (bicyclic) bond motifs is 2. The molecule has 4 unspecified atom stereocenters. The van der Waals surface area contributed by atoms with Crippen LogP contribution in [0.25, 0.3) is 0 Å². The van der Waals surface area contributed by atoms with E-state index < -0.39 is 0 Å². The van der Waals surface area contributed by atoms with Crippen molar-refractivity contribution in [3.63, 3.8) is 0 Å². The molecule has 2 fully saturated rings. The topological polar surface area (TPSA) is 12.0 Å². The first-order chi connectivity index (χ1) is 9.67. The van der Waals surface area contributed by atoms with Crippen LogP contribution in [0, 0.1) is 17.8 Å². The molecule has 0 radical (unpaired) electrons. The molecule has 0 aliphatic heterocycles. The second-order valence-electron chi connectivity index (χ2n) is 6.45. The molecule has 0 aromatic heterocycles. The Morgan fingerprint density at radius 2 is 2.05 bits per heavy atom. The SMILES string of the molecule is CCNC(CC1CC2CCC1C2)c1ccc(Cl)c(Cl)c1. The Bertz CT molecular complexity index is 474. The van der Waals surface area contributed by atoms with Crippen molar-refractivity contribution < 1.29 is 0 Å². The second kappa shape index (κ2) is 6.25. The van der Waals surface area contributed by atoms with Crippen molar-refractivity contribution in [2.24, 2.45) is 17.8 Å². The summed E-state index contributed by atoms with van der Waals surface area (Å²) < 4.78 is 0. The largest absolute Gasteiger partial charge is 0.310 e. The van der Waals surface area contributed by atoms with Crippen molar-refractivity contribution in [1.29, 1.82) is 0 Å². The molecule has 20 heavy (non-hydrogen) atoms. The lowest BCUT2D eigenvalue weighted by atomic mass is 9.83. The van der Waals surface area contributed by atoms with Gasteiger partial charge in [-0.2, -0.15) is 0 Å². The van der Waals surface area contributed by atoms with Gasteiger partial charge in [0.05, 0.1) is 10.0 Å². The molecule has 2 aliphatic carbocycles. The van der Waals surface area contributed by atoms with Crippen molar-refractivity contribution in [3.8, 4) is 0 Å². The van der Waals surface area contributed by atoms with E-state index in [2.05, 4.69) is 18.3 Å². The highest BCUT2D eigenvalue weighted by atomic mass is 35.5. The van der Waals surface area contributed by atoms with E-state index in [9.17, 15) is 0 Å². The first-order valence-electron chi connectivity index (χ1n) is 7.85. The molecule has 1 nitrogen and oxygen atoms in total. The molecule has 1 aromatic rings. The van der Waals surface area contributed by atoms with E-state index in [-0.39, 0.29) is 0 Å².